The van der Waals surface area contributed by atoms with Crippen molar-refractivity contribution in [2.24, 2.45) is 5.92 Å². The van der Waals surface area contributed by atoms with E-state index in [1.807, 2.05) is 29.2 Å². The van der Waals surface area contributed by atoms with Crippen LogP contribution in [0.3, 0.4) is 0 Å². The van der Waals surface area contributed by atoms with Gasteiger partial charge in [-0.3, -0.25) is 9.59 Å². The molecule has 2 aliphatic rings. The quantitative estimate of drug-likeness (QED) is 0.589. The number of amides is 2. The number of nitrogens with one attached hydrogen (secondary N) is 1. The molecule has 6 heteroatoms. The Labute approximate surface area is 180 Å². The maximum Gasteiger partial charge on any atom is 0.251 e. The normalized spacial score (nSPS) is 17.8. The molecule has 2 amide bonds. The number of hydrogen-bond acceptors (Lipinski definition) is 4. The first-order valence-electron chi connectivity index (χ1n) is 11.5. The zero-order valence-electron chi connectivity index (χ0n) is 18.2. The van der Waals surface area contributed by atoms with Crippen molar-refractivity contribution in [3.8, 4) is 5.75 Å². The summed E-state index contributed by atoms with van der Waals surface area (Å²) in [5.41, 5.74) is 0.668. The smallest absolute Gasteiger partial charge is 0.251 e. The Morgan fingerprint density at radius 2 is 1.77 bits per heavy atom. The summed E-state index contributed by atoms with van der Waals surface area (Å²) >= 11 is 0. The number of rotatable bonds is 10. The third-order valence-corrected chi connectivity index (χ3v) is 6.28. The summed E-state index contributed by atoms with van der Waals surface area (Å²) in [4.78, 5) is 26.3. The van der Waals surface area contributed by atoms with E-state index < -0.39 is 0 Å². The second-order valence-corrected chi connectivity index (χ2v) is 8.51. The number of carbonyl (C=O) groups is 2. The van der Waals surface area contributed by atoms with Crippen molar-refractivity contribution < 1.29 is 19.1 Å². The highest BCUT2D eigenvalue weighted by Crippen LogP contribution is 2.28. The zero-order valence-corrected chi connectivity index (χ0v) is 18.2. The lowest BCUT2D eigenvalue weighted by molar-refractivity contribution is -0.133. The van der Waals surface area contributed by atoms with Gasteiger partial charge in [0.15, 0.2) is 0 Å². The van der Waals surface area contributed by atoms with E-state index in [1.54, 1.807) is 7.11 Å². The van der Waals surface area contributed by atoms with E-state index in [4.69, 9.17) is 9.47 Å². The first-order chi connectivity index (χ1) is 14.7. The van der Waals surface area contributed by atoms with Crippen LogP contribution in [0.1, 0.15) is 68.1 Å². The number of carbonyl (C=O) groups excluding carboxylic acids is 2. The molecule has 30 heavy (non-hydrogen) atoms. The van der Waals surface area contributed by atoms with Gasteiger partial charge in [0.25, 0.3) is 5.91 Å². The highest BCUT2D eigenvalue weighted by Gasteiger charge is 2.23. The van der Waals surface area contributed by atoms with Crippen molar-refractivity contribution >= 4 is 11.8 Å². The molecule has 1 saturated carbocycles. The van der Waals surface area contributed by atoms with E-state index in [0.29, 0.717) is 31.7 Å². The molecule has 0 unspecified atom stereocenters. The second-order valence-electron chi connectivity index (χ2n) is 8.51. The van der Waals surface area contributed by atoms with Crippen molar-refractivity contribution in [3.05, 3.63) is 29.8 Å². The minimum Gasteiger partial charge on any atom is -0.490 e. The average molecular weight is 417 g/mol. The number of likely N-dealkylation sites (tertiary alicyclic amines) is 1. The molecule has 2 fully saturated rings. The third kappa shape index (κ3) is 7.01. The molecular formula is C24H36N2O4. The fourth-order valence-corrected chi connectivity index (χ4v) is 4.44. The summed E-state index contributed by atoms with van der Waals surface area (Å²) in [6.45, 7) is 2.65. The maximum absolute atomic E-state index is 12.3. The van der Waals surface area contributed by atoms with Crippen molar-refractivity contribution in [2.75, 3.05) is 33.4 Å². The second kappa shape index (κ2) is 11.9. The Kier molecular flexibility index (Phi) is 9.00. The standard InChI is InChI=1S/C24H36N2O4/c1-29-18-14-23(27)26-16-12-22(13-17-26)30-21-10-8-20(9-11-21)24(28)25-15-4-7-19-5-2-3-6-19/h8-11,19,22H,2-7,12-18H2,1H3,(H,25,28). The predicted molar refractivity (Wildman–Crippen MR) is 117 cm³/mol. The van der Waals surface area contributed by atoms with Gasteiger partial charge in [0.1, 0.15) is 11.9 Å². The van der Waals surface area contributed by atoms with Crippen molar-refractivity contribution in [2.45, 2.75) is 63.9 Å². The number of hydrogen-bond donors (Lipinski definition) is 1. The van der Waals surface area contributed by atoms with Gasteiger partial charge in [0.05, 0.1) is 13.0 Å². The molecule has 3 rings (SSSR count). The minimum absolute atomic E-state index is 0.0177. The van der Waals surface area contributed by atoms with Gasteiger partial charge < -0.3 is 19.7 Å². The van der Waals surface area contributed by atoms with Crippen LogP contribution >= 0.6 is 0 Å². The van der Waals surface area contributed by atoms with Crippen LogP contribution in [0.5, 0.6) is 5.75 Å². The Bertz CT molecular complexity index is 662. The molecule has 0 spiro atoms. The van der Waals surface area contributed by atoms with Crippen LogP contribution in [-0.2, 0) is 9.53 Å². The molecule has 1 aromatic carbocycles. The number of ether oxygens (including phenoxy) is 2. The highest BCUT2D eigenvalue weighted by molar-refractivity contribution is 5.94. The topological polar surface area (TPSA) is 67.9 Å². The molecule has 1 aromatic rings. The summed E-state index contributed by atoms with van der Waals surface area (Å²) in [6, 6.07) is 7.38. The van der Waals surface area contributed by atoms with E-state index >= 15 is 0 Å². The summed E-state index contributed by atoms with van der Waals surface area (Å²) in [5.74, 6) is 1.77. The molecule has 1 aliphatic carbocycles. The van der Waals surface area contributed by atoms with E-state index in [-0.39, 0.29) is 17.9 Å². The van der Waals surface area contributed by atoms with Gasteiger partial charge in [-0.05, 0) is 43.0 Å². The van der Waals surface area contributed by atoms with E-state index in [1.165, 1.54) is 32.1 Å². The van der Waals surface area contributed by atoms with Crippen LogP contribution in [0.25, 0.3) is 0 Å². The third-order valence-electron chi connectivity index (χ3n) is 6.28. The Morgan fingerprint density at radius 1 is 1.07 bits per heavy atom. The fourth-order valence-electron chi connectivity index (χ4n) is 4.44. The van der Waals surface area contributed by atoms with E-state index in [9.17, 15) is 9.59 Å². The van der Waals surface area contributed by atoms with E-state index in [0.717, 1.165) is 37.5 Å². The van der Waals surface area contributed by atoms with Gasteiger partial charge in [0, 0.05) is 45.1 Å². The Morgan fingerprint density at radius 3 is 2.43 bits per heavy atom. The van der Waals surface area contributed by atoms with Gasteiger partial charge in [-0.25, -0.2) is 0 Å². The summed E-state index contributed by atoms with van der Waals surface area (Å²) in [5, 5.41) is 3.03. The number of benzene rings is 1. The molecular weight excluding hydrogens is 380 g/mol. The first-order valence-corrected chi connectivity index (χ1v) is 11.5. The molecule has 0 bridgehead atoms. The molecule has 1 saturated heterocycles. The zero-order chi connectivity index (χ0) is 21.2. The summed E-state index contributed by atoms with van der Waals surface area (Å²) in [6.07, 6.45) is 9.93. The molecule has 166 valence electrons. The van der Waals surface area contributed by atoms with Gasteiger partial charge in [-0.1, -0.05) is 25.7 Å². The lowest BCUT2D eigenvalue weighted by atomic mass is 10.0. The Balaban J connectivity index is 1.35. The van der Waals surface area contributed by atoms with Gasteiger partial charge in [0.2, 0.25) is 5.91 Å². The van der Waals surface area contributed by atoms with E-state index in [2.05, 4.69) is 5.32 Å². The maximum atomic E-state index is 12.3. The largest absolute Gasteiger partial charge is 0.490 e. The van der Waals surface area contributed by atoms with Crippen LogP contribution in [0.2, 0.25) is 0 Å². The molecule has 1 N–H and O–H groups in total. The lowest BCUT2D eigenvalue weighted by Crippen LogP contribution is -2.42. The highest BCUT2D eigenvalue weighted by atomic mass is 16.5. The van der Waals surface area contributed by atoms with Gasteiger partial charge >= 0.3 is 0 Å². The van der Waals surface area contributed by atoms with Crippen LogP contribution < -0.4 is 10.1 Å². The van der Waals surface area contributed by atoms with Crippen LogP contribution in [-0.4, -0.2) is 56.2 Å². The molecule has 6 nitrogen and oxygen atoms in total. The van der Waals surface area contributed by atoms with Crippen LogP contribution in [0, 0.1) is 5.92 Å². The summed E-state index contributed by atoms with van der Waals surface area (Å²) in [7, 11) is 1.61. The van der Waals surface area contributed by atoms with Crippen LogP contribution in [0.15, 0.2) is 24.3 Å². The predicted octanol–water partition coefficient (Wildman–Crippen LogP) is 3.79. The Hall–Kier alpha value is -2.08. The average Bonchev–Trinajstić information content (AvgIpc) is 3.29. The summed E-state index contributed by atoms with van der Waals surface area (Å²) < 4.78 is 11.0. The van der Waals surface area contributed by atoms with Crippen molar-refractivity contribution in [1.82, 2.24) is 10.2 Å². The SMILES string of the molecule is COCCC(=O)N1CCC(Oc2ccc(C(=O)NCCCC3CCCC3)cc2)CC1. The number of methoxy groups -OCH3 is 1. The van der Waals surface area contributed by atoms with Gasteiger partial charge in [-0.15, -0.1) is 0 Å². The molecule has 0 aromatic heterocycles. The lowest BCUT2D eigenvalue weighted by Gasteiger charge is -2.32. The van der Waals surface area contributed by atoms with Crippen LogP contribution in [0.4, 0.5) is 0 Å². The molecule has 0 atom stereocenters. The van der Waals surface area contributed by atoms with Gasteiger partial charge in [-0.2, -0.15) is 0 Å². The molecule has 0 radical (unpaired) electrons. The fraction of sp³-hybridized carbons (Fsp3) is 0.667. The van der Waals surface area contributed by atoms with Crippen molar-refractivity contribution in [3.63, 3.8) is 0 Å². The molecule has 1 heterocycles. The monoisotopic (exact) mass is 416 g/mol. The minimum atomic E-state index is -0.0177. The van der Waals surface area contributed by atoms with Crippen molar-refractivity contribution in [1.29, 1.82) is 0 Å². The number of nitrogens with zero attached hydrogens (tertiary/aromatic N) is 1. The molecule has 1 aliphatic heterocycles. The first kappa shape index (κ1) is 22.6. The number of piperidine rings is 1.